The van der Waals surface area contributed by atoms with Gasteiger partial charge in [-0.25, -0.2) is 0 Å². The Morgan fingerprint density at radius 3 is 2.33 bits per heavy atom. The predicted molar refractivity (Wildman–Crippen MR) is 51.3 cm³/mol. The molecule has 2 nitrogen and oxygen atoms in total. The Labute approximate surface area is 74.9 Å². The zero-order valence-electron chi connectivity index (χ0n) is 7.79. The van der Waals surface area contributed by atoms with Gasteiger partial charge in [0, 0.05) is 6.61 Å². The van der Waals surface area contributed by atoms with Gasteiger partial charge in [0.1, 0.15) is 0 Å². The van der Waals surface area contributed by atoms with E-state index in [0.29, 0.717) is 19.8 Å². The molecule has 0 N–H and O–H groups in total. The molecule has 0 spiro atoms. The third-order valence-corrected chi connectivity index (χ3v) is 1.18. The van der Waals surface area contributed by atoms with Crippen molar-refractivity contribution < 1.29 is 9.47 Å². The lowest BCUT2D eigenvalue weighted by Gasteiger charge is -1.96. The molecule has 0 heterocycles. The maximum absolute atomic E-state index is 5.23. The molecule has 12 heavy (non-hydrogen) atoms. The summed E-state index contributed by atoms with van der Waals surface area (Å²) in [6.45, 7) is 8.41. The van der Waals surface area contributed by atoms with E-state index in [9.17, 15) is 0 Å². The maximum atomic E-state index is 5.23. The number of hydrogen-bond acceptors (Lipinski definition) is 2. The topological polar surface area (TPSA) is 18.5 Å². The summed E-state index contributed by atoms with van der Waals surface area (Å²) in [6.07, 6.45) is 6.74. The van der Waals surface area contributed by atoms with Gasteiger partial charge < -0.3 is 9.47 Å². The predicted octanol–water partition coefficient (Wildman–Crippen LogP) is 2.17. The molecule has 0 aromatic heterocycles. The Bertz CT molecular complexity index is 119. The minimum absolute atomic E-state index is 0.611. The Morgan fingerprint density at radius 2 is 1.75 bits per heavy atom. The largest absolute Gasteiger partial charge is 0.377 e. The summed E-state index contributed by atoms with van der Waals surface area (Å²) in [5, 5.41) is 0. The van der Waals surface area contributed by atoms with Crippen LogP contribution in [0.5, 0.6) is 0 Å². The molecule has 0 aromatic rings. The van der Waals surface area contributed by atoms with Gasteiger partial charge in [0.05, 0.1) is 19.8 Å². The fraction of sp³-hybridized carbons (Fsp3) is 0.600. The van der Waals surface area contributed by atoms with Gasteiger partial charge in [0.2, 0.25) is 0 Å². The second-order valence-corrected chi connectivity index (χ2v) is 2.37. The van der Waals surface area contributed by atoms with Gasteiger partial charge in [-0.15, -0.1) is 6.58 Å². The van der Waals surface area contributed by atoms with Crippen molar-refractivity contribution >= 4 is 0 Å². The van der Waals surface area contributed by atoms with Crippen LogP contribution in [0.3, 0.4) is 0 Å². The lowest BCUT2D eigenvalue weighted by atomic mass is 10.5. The molecule has 0 bridgehead atoms. The first-order valence-corrected chi connectivity index (χ1v) is 4.33. The Balaban J connectivity index is 2.98. The molecule has 0 rings (SSSR count). The van der Waals surface area contributed by atoms with Crippen molar-refractivity contribution in [1.82, 2.24) is 0 Å². The quantitative estimate of drug-likeness (QED) is 0.410. The van der Waals surface area contributed by atoms with E-state index in [4.69, 9.17) is 9.47 Å². The highest BCUT2D eigenvalue weighted by Crippen LogP contribution is 1.83. The third kappa shape index (κ3) is 9.40. The molecule has 0 aliphatic heterocycles. The number of ether oxygens (including phenoxy) is 2. The Morgan fingerprint density at radius 1 is 1.08 bits per heavy atom. The van der Waals surface area contributed by atoms with Gasteiger partial charge in [-0.3, -0.25) is 0 Å². The lowest BCUT2D eigenvalue weighted by Crippen LogP contribution is -1.93. The first-order chi connectivity index (χ1) is 5.91. The average Bonchev–Trinajstić information content (AvgIpc) is 2.10. The van der Waals surface area contributed by atoms with Crippen LogP contribution in [0.2, 0.25) is 0 Å². The van der Waals surface area contributed by atoms with Crippen LogP contribution in [0.15, 0.2) is 24.8 Å². The van der Waals surface area contributed by atoms with E-state index < -0.39 is 0 Å². The molecule has 0 fully saturated rings. The summed E-state index contributed by atoms with van der Waals surface area (Å²) in [6, 6.07) is 0. The molecular weight excluding hydrogens is 152 g/mol. The van der Waals surface area contributed by atoms with Crippen molar-refractivity contribution in [1.29, 1.82) is 0 Å². The van der Waals surface area contributed by atoms with Crippen molar-refractivity contribution in [3.63, 3.8) is 0 Å². The molecule has 0 saturated carbocycles. The highest BCUT2D eigenvalue weighted by atomic mass is 16.5. The highest BCUT2D eigenvalue weighted by molar-refractivity contribution is 4.81. The highest BCUT2D eigenvalue weighted by Gasteiger charge is 1.80. The lowest BCUT2D eigenvalue weighted by molar-refractivity contribution is 0.161. The summed E-state index contributed by atoms with van der Waals surface area (Å²) in [4.78, 5) is 0. The standard InChI is InChI=1S/C10H18O2/c1-3-7-11-9-5-6-10-12-8-4-2/h3,5-6H,1,4,7-10H2,2H3/b6-5-. The molecule has 0 saturated heterocycles. The van der Waals surface area contributed by atoms with Crippen LogP contribution < -0.4 is 0 Å². The Kier molecular flexibility index (Phi) is 9.88. The molecule has 70 valence electrons. The minimum Gasteiger partial charge on any atom is -0.377 e. The van der Waals surface area contributed by atoms with Gasteiger partial charge in [-0.2, -0.15) is 0 Å². The summed E-state index contributed by atoms with van der Waals surface area (Å²) in [5.74, 6) is 0. The van der Waals surface area contributed by atoms with Crippen LogP contribution in [-0.4, -0.2) is 26.4 Å². The zero-order valence-corrected chi connectivity index (χ0v) is 7.79. The molecule has 0 atom stereocenters. The normalized spacial score (nSPS) is 10.8. The van der Waals surface area contributed by atoms with E-state index in [1.807, 2.05) is 12.2 Å². The fourth-order valence-corrected chi connectivity index (χ4v) is 0.651. The summed E-state index contributed by atoms with van der Waals surface area (Å²) >= 11 is 0. The second-order valence-electron chi connectivity index (χ2n) is 2.37. The van der Waals surface area contributed by atoms with Crippen LogP contribution in [0.25, 0.3) is 0 Å². The Hall–Kier alpha value is -0.600. The molecule has 0 aromatic carbocycles. The monoisotopic (exact) mass is 170 g/mol. The molecule has 0 aliphatic rings. The molecule has 0 unspecified atom stereocenters. The molecular formula is C10H18O2. The SMILES string of the molecule is C=CCOC/C=C\COCCC. The first-order valence-electron chi connectivity index (χ1n) is 4.33. The summed E-state index contributed by atoms with van der Waals surface area (Å²) in [5.41, 5.74) is 0. The molecule has 0 aliphatic carbocycles. The van der Waals surface area contributed by atoms with Crippen molar-refractivity contribution in [2.75, 3.05) is 26.4 Å². The summed E-state index contributed by atoms with van der Waals surface area (Å²) in [7, 11) is 0. The van der Waals surface area contributed by atoms with Crippen LogP contribution >= 0.6 is 0 Å². The van der Waals surface area contributed by atoms with Gasteiger partial charge in [0.25, 0.3) is 0 Å². The van der Waals surface area contributed by atoms with Gasteiger partial charge in [-0.05, 0) is 6.42 Å². The molecule has 0 amide bonds. The zero-order chi connectivity index (χ0) is 9.07. The van der Waals surface area contributed by atoms with E-state index in [1.165, 1.54) is 0 Å². The van der Waals surface area contributed by atoms with Crippen LogP contribution in [0, 0.1) is 0 Å². The molecule has 2 heteroatoms. The van der Waals surface area contributed by atoms with E-state index in [2.05, 4.69) is 13.5 Å². The van der Waals surface area contributed by atoms with Crippen LogP contribution in [-0.2, 0) is 9.47 Å². The third-order valence-electron chi connectivity index (χ3n) is 1.18. The fourth-order valence-electron chi connectivity index (χ4n) is 0.651. The van der Waals surface area contributed by atoms with Gasteiger partial charge >= 0.3 is 0 Å². The van der Waals surface area contributed by atoms with Crippen LogP contribution in [0.4, 0.5) is 0 Å². The average molecular weight is 170 g/mol. The van der Waals surface area contributed by atoms with Gasteiger partial charge in [-0.1, -0.05) is 25.2 Å². The van der Waals surface area contributed by atoms with E-state index >= 15 is 0 Å². The smallest absolute Gasteiger partial charge is 0.0652 e. The first kappa shape index (κ1) is 11.4. The molecule has 0 radical (unpaired) electrons. The maximum Gasteiger partial charge on any atom is 0.0652 e. The minimum atomic E-state index is 0.611. The van der Waals surface area contributed by atoms with Crippen molar-refractivity contribution in [3.8, 4) is 0 Å². The van der Waals surface area contributed by atoms with Crippen LogP contribution in [0.1, 0.15) is 13.3 Å². The van der Waals surface area contributed by atoms with E-state index in [1.54, 1.807) is 6.08 Å². The van der Waals surface area contributed by atoms with Crippen molar-refractivity contribution in [3.05, 3.63) is 24.8 Å². The number of hydrogen-bond donors (Lipinski definition) is 0. The van der Waals surface area contributed by atoms with E-state index in [0.717, 1.165) is 13.0 Å². The van der Waals surface area contributed by atoms with Gasteiger partial charge in [0.15, 0.2) is 0 Å². The number of rotatable bonds is 8. The second kappa shape index (κ2) is 10.4. The summed E-state index contributed by atoms with van der Waals surface area (Å²) < 4.78 is 10.4. The van der Waals surface area contributed by atoms with Crippen molar-refractivity contribution in [2.24, 2.45) is 0 Å². The van der Waals surface area contributed by atoms with E-state index in [-0.39, 0.29) is 0 Å². The van der Waals surface area contributed by atoms with Crippen molar-refractivity contribution in [2.45, 2.75) is 13.3 Å².